The van der Waals surface area contributed by atoms with Crippen LogP contribution in [0.2, 0.25) is 0 Å². The molecule has 0 atom stereocenters. The number of likely N-dealkylation sites (N-methyl/N-ethyl adjacent to an activating group) is 2. The summed E-state index contributed by atoms with van der Waals surface area (Å²) in [6, 6.07) is 5.14. The standard InChI is InChI=1S/C18H22N6O3/c1-21-15(25)18(22(2)17(21)27)6-8-24(9-7-18)16(26)20-13-4-5-14-12(10-13)11-19-23(14)3/h4-5,10-11H,6-9H2,1-3H3,(H,20,26). The van der Waals surface area contributed by atoms with Crippen molar-refractivity contribution in [3.8, 4) is 0 Å². The lowest BCUT2D eigenvalue weighted by Crippen LogP contribution is -2.56. The van der Waals surface area contributed by atoms with Gasteiger partial charge in [0.25, 0.3) is 5.91 Å². The maximum Gasteiger partial charge on any atom is 0.327 e. The van der Waals surface area contributed by atoms with Gasteiger partial charge in [-0.15, -0.1) is 0 Å². The molecule has 1 aromatic heterocycles. The average Bonchev–Trinajstić information content (AvgIpc) is 3.11. The maximum atomic E-state index is 12.6. The quantitative estimate of drug-likeness (QED) is 0.770. The maximum absolute atomic E-state index is 12.6. The van der Waals surface area contributed by atoms with E-state index in [1.54, 1.807) is 22.8 Å². The molecule has 2 aromatic rings. The minimum absolute atomic E-state index is 0.183. The second kappa shape index (κ2) is 5.97. The second-order valence-electron chi connectivity index (χ2n) is 7.20. The molecule has 27 heavy (non-hydrogen) atoms. The lowest BCUT2D eigenvalue weighted by Gasteiger charge is -2.40. The molecule has 0 radical (unpaired) electrons. The summed E-state index contributed by atoms with van der Waals surface area (Å²) in [5, 5.41) is 8.06. The first-order chi connectivity index (χ1) is 12.8. The molecule has 5 amide bonds. The molecule has 0 unspecified atom stereocenters. The smallest absolute Gasteiger partial charge is 0.324 e. The van der Waals surface area contributed by atoms with Crippen molar-refractivity contribution >= 4 is 34.6 Å². The summed E-state index contributed by atoms with van der Waals surface area (Å²) in [7, 11) is 5.03. The number of fused-ring (bicyclic) bond motifs is 1. The van der Waals surface area contributed by atoms with E-state index in [2.05, 4.69) is 10.4 Å². The molecule has 9 heteroatoms. The normalized spacial score (nSPS) is 19.4. The van der Waals surface area contributed by atoms with E-state index in [9.17, 15) is 14.4 Å². The number of rotatable bonds is 1. The molecule has 1 N–H and O–H groups in total. The molecule has 0 bridgehead atoms. The number of nitrogens with one attached hydrogen (secondary N) is 1. The van der Waals surface area contributed by atoms with E-state index < -0.39 is 5.54 Å². The van der Waals surface area contributed by atoms with Gasteiger partial charge >= 0.3 is 12.1 Å². The number of piperidine rings is 1. The van der Waals surface area contributed by atoms with Gasteiger partial charge in [-0.25, -0.2) is 9.59 Å². The molecule has 3 heterocycles. The van der Waals surface area contributed by atoms with Gasteiger partial charge in [0, 0.05) is 45.3 Å². The molecular weight excluding hydrogens is 348 g/mol. The number of aryl methyl sites for hydroxylation is 1. The van der Waals surface area contributed by atoms with Crippen LogP contribution < -0.4 is 5.32 Å². The van der Waals surface area contributed by atoms with Crippen LogP contribution in [-0.2, 0) is 11.8 Å². The van der Waals surface area contributed by atoms with Crippen LogP contribution in [0.15, 0.2) is 24.4 Å². The second-order valence-corrected chi connectivity index (χ2v) is 7.20. The first kappa shape index (κ1) is 17.3. The van der Waals surface area contributed by atoms with Gasteiger partial charge in [-0.1, -0.05) is 0 Å². The van der Waals surface area contributed by atoms with Crippen molar-refractivity contribution in [3.63, 3.8) is 0 Å². The van der Waals surface area contributed by atoms with Crippen LogP contribution in [0.25, 0.3) is 10.9 Å². The molecule has 1 aromatic carbocycles. The third-order valence-electron chi connectivity index (χ3n) is 5.79. The fourth-order valence-electron chi connectivity index (χ4n) is 4.02. The van der Waals surface area contributed by atoms with Gasteiger partial charge in [0.2, 0.25) is 0 Å². The number of hydrogen-bond acceptors (Lipinski definition) is 4. The summed E-state index contributed by atoms with van der Waals surface area (Å²) in [6.07, 6.45) is 2.63. The predicted octanol–water partition coefficient (Wildman–Crippen LogP) is 1.46. The highest BCUT2D eigenvalue weighted by atomic mass is 16.2. The van der Waals surface area contributed by atoms with Gasteiger partial charge in [0.05, 0.1) is 11.7 Å². The highest BCUT2D eigenvalue weighted by Gasteiger charge is 2.55. The third-order valence-corrected chi connectivity index (χ3v) is 5.79. The number of urea groups is 2. The van der Waals surface area contributed by atoms with Crippen LogP contribution >= 0.6 is 0 Å². The summed E-state index contributed by atoms with van der Waals surface area (Å²) < 4.78 is 1.78. The van der Waals surface area contributed by atoms with Crippen LogP contribution in [0.3, 0.4) is 0 Å². The average molecular weight is 370 g/mol. The Hall–Kier alpha value is -3.10. The van der Waals surface area contributed by atoms with E-state index in [4.69, 9.17) is 0 Å². The Labute approximate surface area is 156 Å². The number of nitrogens with zero attached hydrogens (tertiary/aromatic N) is 5. The topological polar surface area (TPSA) is 90.8 Å². The van der Waals surface area contributed by atoms with Crippen LogP contribution in [0.5, 0.6) is 0 Å². The van der Waals surface area contributed by atoms with Crippen molar-refractivity contribution in [1.29, 1.82) is 0 Å². The molecule has 1 spiro atoms. The number of anilines is 1. The predicted molar refractivity (Wildman–Crippen MR) is 99.2 cm³/mol. The number of likely N-dealkylation sites (tertiary alicyclic amines) is 1. The SMILES string of the molecule is CN1C(=O)N(C)C2(CCN(C(=O)Nc3ccc4c(cnn4C)c3)CC2)C1=O. The molecule has 4 rings (SSSR count). The number of hydrogen-bond donors (Lipinski definition) is 1. The number of aromatic nitrogens is 2. The van der Waals surface area contributed by atoms with E-state index in [0.29, 0.717) is 31.6 Å². The first-order valence-corrected chi connectivity index (χ1v) is 8.87. The van der Waals surface area contributed by atoms with Crippen molar-refractivity contribution < 1.29 is 14.4 Å². The van der Waals surface area contributed by atoms with E-state index in [1.807, 2.05) is 25.2 Å². The zero-order valence-electron chi connectivity index (χ0n) is 15.6. The highest BCUT2D eigenvalue weighted by molar-refractivity contribution is 6.06. The van der Waals surface area contributed by atoms with E-state index in [0.717, 1.165) is 10.9 Å². The molecule has 2 aliphatic heterocycles. The molecule has 2 saturated heterocycles. The molecule has 9 nitrogen and oxygen atoms in total. The summed E-state index contributed by atoms with van der Waals surface area (Å²) in [5.41, 5.74) is 0.867. The van der Waals surface area contributed by atoms with Crippen LogP contribution in [0.1, 0.15) is 12.8 Å². The first-order valence-electron chi connectivity index (χ1n) is 8.87. The minimum Gasteiger partial charge on any atom is -0.324 e. The lowest BCUT2D eigenvalue weighted by atomic mass is 9.86. The Morgan fingerprint density at radius 3 is 2.48 bits per heavy atom. The molecule has 0 saturated carbocycles. The largest absolute Gasteiger partial charge is 0.327 e. The third kappa shape index (κ3) is 2.53. The van der Waals surface area contributed by atoms with Crippen LogP contribution in [-0.4, -0.2) is 75.2 Å². The van der Waals surface area contributed by atoms with Gasteiger partial charge in [0.1, 0.15) is 5.54 Å². The van der Waals surface area contributed by atoms with E-state index in [1.165, 1.54) is 16.8 Å². The molecule has 2 aliphatic rings. The van der Waals surface area contributed by atoms with Crippen molar-refractivity contribution in [3.05, 3.63) is 24.4 Å². The Balaban J connectivity index is 1.44. The molecule has 2 fully saturated rings. The van der Waals surface area contributed by atoms with Crippen molar-refractivity contribution in [1.82, 2.24) is 24.5 Å². The Bertz CT molecular complexity index is 944. The number of carbonyl (C=O) groups is 3. The molecule has 0 aliphatic carbocycles. The van der Waals surface area contributed by atoms with Crippen molar-refractivity contribution in [2.45, 2.75) is 18.4 Å². The fourth-order valence-corrected chi connectivity index (χ4v) is 4.02. The summed E-state index contributed by atoms with van der Waals surface area (Å²) in [4.78, 5) is 41.6. The number of benzene rings is 1. The van der Waals surface area contributed by atoms with Gasteiger partial charge in [-0.3, -0.25) is 14.4 Å². The van der Waals surface area contributed by atoms with E-state index >= 15 is 0 Å². The monoisotopic (exact) mass is 370 g/mol. The van der Waals surface area contributed by atoms with Crippen LogP contribution in [0.4, 0.5) is 15.3 Å². The van der Waals surface area contributed by atoms with Gasteiger partial charge in [-0.2, -0.15) is 5.10 Å². The van der Waals surface area contributed by atoms with Crippen molar-refractivity contribution in [2.24, 2.45) is 7.05 Å². The van der Waals surface area contributed by atoms with Gasteiger partial charge < -0.3 is 15.1 Å². The summed E-state index contributed by atoms with van der Waals surface area (Å²) in [5.74, 6) is -0.183. The van der Waals surface area contributed by atoms with Gasteiger partial charge in [0.15, 0.2) is 0 Å². The highest BCUT2D eigenvalue weighted by Crippen LogP contribution is 2.35. The summed E-state index contributed by atoms with van der Waals surface area (Å²) >= 11 is 0. The zero-order valence-corrected chi connectivity index (χ0v) is 15.6. The molecular formula is C18H22N6O3. The number of carbonyl (C=O) groups excluding carboxylic acids is 3. The number of imide groups is 1. The van der Waals surface area contributed by atoms with Crippen molar-refractivity contribution in [2.75, 3.05) is 32.5 Å². The molecule has 142 valence electrons. The minimum atomic E-state index is -0.822. The van der Waals surface area contributed by atoms with Crippen LogP contribution in [0, 0.1) is 0 Å². The summed E-state index contributed by atoms with van der Waals surface area (Å²) in [6.45, 7) is 0.830. The Morgan fingerprint density at radius 2 is 1.85 bits per heavy atom. The zero-order chi connectivity index (χ0) is 19.3. The Kier molecular flexibility index (Phi) is 3.83. The van der Waals surface area contributed by atoms with E-state index in [-0.39, 0.29) is 18.0 Å². The number of amides is 5. The fraction of sp³-hybridized carbons (Fsp3) is 0.444. The lowest BCUT2D eigenvalue weighted by molar-refractivity contribution is -0.134. The van der Waals surface area contributed by atoms with Gasteiger partial charge in [-0.05, 0) is 31.0 Å². The Morgan fingerprint density at radius 1 is 1.15 bits per heavy atom.